The van der Waals surface area contributed by atoms with Crippen LogP contribution in [0.25, 0.3) is 0 Å². The first kappa shape index (κ1) is 12.7. The summed E-state index contributed by atoms with van der Waals surface area (Å²) in [5.74, 6) is 1.05. The maximum Gasteiger partial charge on any atom is 0.419 e. The van der Waals surface area contributed by atoms with Crippen molar-refractivity contribution in [2.24, 2.45) is 5.92 Å². The third-order valence-corrected chi connectivity index (χ3v) is 3.98. The summed E-state index contributed by atoms with van der Waals surface area (Å²) in [6.45, 7) is 1.68. The summed E-state index contributed by atoms with van der Waals surface area (Å²) < 4.78 is 37.1. The van der Waals surface area contributed by atoms with Gasteiger partial charge in [0.1, 0.15) is 0 Å². The number of hydrogen-bond donors (Lipinski definition) is 2. The summed E-state index contributed by atoms with van der Waals surface area (Å²) in [6, 6.07) is 0. The van der Waals surface area contributed by atoms with Crippen molar-refractivity contribution in [2.75, 3.05) is 18.4 Å². The molecule has 0 unspecified atom stereocenters. The van der Waals surface area contributed by atoms with E-state index >= 15 is 0 Å². The molecule has 0 atom stereocenters. The van der Waals surface area contributed by atoms with Crippen LogP contribution in [-0.2, 0) is 6.18 Å². The van der Waals surface area contributed by atoms with Crippen LogP contribution in [0.15, 0.2) is 12.4 Å². The van der Waals surface area contributed by atoms with Gasteiger partial charge in [0.15, 0.2) is 0 Å². The molecule has 1 aromatic rings. The third kappa shape index (κ3) is 2.51. The number of halogens is 3. The van der Waals surface area contributed by atoms with Crippen LogP contribution >= 0.6 is 0 Å². The average Bonchev–Trinajstić information content (AvgIpc) is 2.36. The highest BCUT2D eigenvalue weighted by molar-refractivity contribution is 5.27. The number of hydrogen-bond acceptors (Lipinski definition) is 4. The maximum absolute atomic E-state index is 12.4. The van der Waals surface area contributed by atoms with Crippen LogP contribution in [0.5, 0.6) is 0 Å². The zero-order valence-electron chi connectivity index (χ0n) is 10.3. The van der Waals surface area contributed by atoms with Crippen molar-refractivity contribution in [2.45, 2.75) is 31.0 Å². The highest BCUT2D eigenvalue weighted by Gasteiger charge is 2.46. The van der Waals surface area contributed by atoms with Gasteiger partial charge in [-0.25, -0.2) is 9.97 Å². The van der Waals surface area contributed by atoms with Gasteiger partial charge in [-0.15, -0.1) is 0 Å². The van der Waals surface area contributed by atoms with Gasteiger partial charge in [-0.1, -0.05) is 0 Å². The van der Waals surface area contributed by atoms with E-state index in [1.54, 1.807) is 0 Å². The molecule has 4 nitrogen and oxygen atoms in total. The average molecular weight is 272 g/mol. The Kier molecular flexibility index (Phi) is 2.88. The molecular weight excluding hydrogens is 257 g/mol. The summed E-state index contributed by atoms with van der Waals surface area (Å²) in [5.41, 5.74) is -0.731. The topological polar surface area (TPSA) is 49.8 Å². The van der Waals surface area contributed by atoms with Crippen molar-refractivity contribution in [1.29, 1.82) is 0 Å². The van der Waals surface area contributed by atoms with E-state index in [1.165, 1.54) is 6.42 Å². The summed E-state index contributed by atoms with van der Waals surface area (Å²) in [7, 11) is 0. The standard InChI is InChI=1S/C12H15F3N4/c13-12(14,15)9-5-16-10(17-6-9)18-7-11-3-8(4-11)1-2-19-11/h5-6,8,19H,1-4,7H2,(H,16,17,18). The minimum Gasteiger partial charge on any atom is -0.352 e. The molecule has 2 N–H and O–H groups in total. The van der Waals surface area contributed by atoms with Gasteiger partial charge in [0.05, 0.1) is 5.56 Å². The lowest BCUT2D eigenvalue weighted by molar-refractivity contribution is -0.138. The molecule has 3 heterocycles. The van der Waals surface area contributed by atoms with Crippen LogP contribution < -0.4 is 10.6 Å². The molecule has 3 aliphatic rings. The molecular formula is C12H15F3N4. The van der Waals surface area contributed by atoms with Crippen LogP contribution in [0, 0.1) is 5.92 Å². The van der Waals surface area contributed by atoms with E-state index in [0.717, 1.165) is 37.7 Å². The lowest BCUT2D eigenvalue weighted by atomic mass is 9.64. The molecule has 19 heavy (non-hydrogen) atoms. The van der Waals surface area contributed by atoms with Crippen molar-refractivity contribution in [3.63, 3.8) is 0 Å². The Balaban J connectivity index is 1.59. The highest BCUT2D eigenvalue weighted by Crippen LogP contribution is 2.43. The zero-order valence-corrected chi connectivity index (χ0v) is 10.3. The summed E-state index contributed by atoms with van der Waals surface area (Å²) in [4.78, 5) is 7.42. The highest BCUT2D eigenvalue weighted by atomic mass is 19.4. The molecule has 0 radical (unpaired) electrons. The van der Waals surface area contributed by atoms with E-state index < -0.39 is 11.7 Å². The molecule has 7 heteroatoms. The Morgan fingerprint density at radius 3 is 2.53 bits per heavy atom. The third-order valence-electron chi connectivity index (χ3n) is 3.98. The minimum absolute atomic E-state index is 0.0922. The van der Waals surface area contributed by atoms with Gasteiger partial charge in [0.2, 0.25) is 5.95 Å². The van der Waals surface area contributed by atoms with Gasteiger partial charge < -0.3 is 10.6 Å². The minimum atomic E-state index is -4.39. The first-order valence-electron chi connectivity index (χ1n) is 6.35. The number of piperidine rings is 2. The van der Waals surface area contributed by atoms with E-state index in [2.05, 4.69) is 20.6 Å². The first-order valence-corrected chi connectivity index (χ1v) is 6.35. The molecule has 1 aliphatic carbocycles. The number of alkyl halides is 3. The van der Waals surface area contributed by atoms with E-state index in [4.69, 9.17) is 0 Å². The van der Waals surface area contributed by atoms with E-state index in [0.29, 0.717) is 6.54 Å². The quantitative estimate of drug-likeness (QED) is 0.884. The Morgan fingerprint density at radius 2 is 2.00 bits per heavy atom. The second kappa shape index (κ2) is 4.33. The number of anilines is 1. The molecule has 4 rings (SSSR count). The smallest absolute Gasteiger partial charge is 0.352 e. The molecule has 0 amide bonds. The number of nitrogens with zero attached hydrogens (tertiary/aromatic N) is 2. The lowest BCUT2D eigenvalue weighted by Crippen LogP contribution is -2.63. The molecule has 2 bridgehead atoms. The molecule has 104 valence electrons. The molecule has 2 saturated heterocycles. The lowest BCUT2D eigenvalue weighted by Gasteiger charge is -2.53. The first-order chi connectivity index (χ1) is 8.97. The van der Waals surface area contributed by atoms with Crippen molar-refractivity contribution < 1.29 is 13.2 Å². The number of rotatable bonds is 3. The van der Waals surface area contributed by atoms with Crippen LogP contribution in [-0.4, -0.2) is 28.6 Å². The second-order valence-corrected chi connectivity index (χ2v) is 5.42. The predicted octanol–water partition coefficient (Wildman–Crippen LogP) is 2.05. The van der Waals surface area contributed by atoms with Gasteiger partial charge in [-0.3, -0.25) is 0 Å². The van der Waals surface area contributed by atoms with Gasteiger partial charge in [-0.05, 0) is 31.7 Å². The molecule has 3 fully saturated rings. The number of aromatic nitrogens is 2. The second-order valence-electron chi connectivity index (χ2n) is 5.42. The van der Waals surface area contributed by atoms with Crippen molar-refractivity contribution in [3.05, 3.63) is 18.0 Å². The van der Waals surface area contributed by atoms with Crippen LogP contribution in [0.2, 0.25) is 0 Å². The number of fused-ring (bicyclic) bond motifs is 2. The maximum atomic E-state index is 12.4. The molecule has 2 aliphatic heterocycles. The SMILES string of the molecule is FC(F)(F)c1cnc(NCC23CC(CCN2)C3)nc1. The fraction of sp³-hybridized carbons (Fsp3) is 0.667. The fourth-order valence-electron chi connectivity index (χ4n) is 2.96. The van der Waals surface area contributed by atoms with Gasteiger partial charge >= 0.3 is 6.18 Å². The van der Waals surface area contributed by atoms with Gasteiger partial charge in [0.25, 0.3) is 0 Å². The van der Waals surface area contributed by atoms with Gasteiger partial charge in [-0.2, -0.15) is 13.2 Å². The largest absolute Gasteiger partial charge is 0.419 e. The number of nitrogens with one attached hydrogen (secondary N) is 2. The predicted molar refractivity (Wildman–Crippen MR) is 63.6 cm³/mol. The molecule has 1 aromatic heterocycles. The van der Waals surface area contributed by atoms with Crippen molar-refractivity contribution in [1.82, 2.24) is 15.3 Å². The van der Waals surface area contributed by atoms with Crippen LogP contribution in [0.3, 0.4) is 0 Å². The Labute approximate surface area is 108 Å². The normalized spacial score (nSPS) is 29.7. The molecule has 0 spiro atoms. The summed E-state index contributed by atoms with van der Waals surface area (Å²) >= 11 is 0. The van der Waals surface area contributed by atoms with Gasteiger partial charge in [0, 0.05) is 24.5 Å². The van der Waals surface area contributed by atoms with Crippen LogP contribution in [0.1, 0.15) is 24.8 Å². The van der Waals surface area contributed by atoms with E-state index in [1.807, 2.05) is 0 Å². The molecule has 1 saturated carbocycles. The van der Waals surface area contributed by atoms with E-state index in [9.17, 15) is 13.2 Å². The Bertz CT molecular complexity index is 446. The Morgan fingerprint density at radius 1 is 1.32 bits per heavy atom. The summed E-state index contributed by atoms with van der Waals surface area (Å²) in [5, 5.41) is 6.49. The van der Waals surface area contributed by atoms with Crippen molar-refractivity contribution in [3.8, 4) is 0 Å². The summed E-state index contributed by atoms with van der Waals surface area (Å²) in [6.07, 6.45) is 0.707. The van der Waals surface area contributed by atoms with Crippen molar-refractivity contribution >= 4 is 5.95 Å². The van der Waals surface area contributed by atoms with Crippen LogP contribution in [0.4, 0.5) is 19.1 Å². The zero-order chi connectivity index (χ0) is 13.5. The molecule has 0 aromatic carbocycles. The Hall–Kier alpha value is -1.37. The van der Waals surface area contributed by atoms with E-state index in [-0.39, 0.29) is 11.5 Å². The fourth-order valence-corrected chi connectivity index (χ4v) is 2.96. The monoisotopic (exact) mass is 272 g/mol.